The minimum absolute atomic E-state index is 0.508. The fraction of sp³-hybridized carbons (Fsp3) is 0.333. The van der Waals surface area contributed by atoms with Crippen LogP contribution in [0, 0.1) is 6.92 Å². The lowest BCUT2D eigenvalue weighted by Gasteiger charge is -2.37. The van der Waals surface area contributed by atoms with Crippen molar-refractivity contribution in [3.63, 3.8) is 0 Å². The number of aryl methyl sites for hydroxylation is 2. The normalized spacial score (nSPS) is 15.8. The maximum absolute atomic E-state index is 11.3. The molecule has 4 aliphatic rings. The van der Waals surface area contributed by atoms with E-state index in [1.165, 1.54) is 46.0 Å². The van der Waals surface area contributed by atoms with Crippen LogP contribution >= 0.6 is 11.6 Å². The average molecular weight is 1160 g/mol. The van der Waals surface area contributed by atoms with Crippen molar-refractivity contribution in [1.29, 1.82) is 0 Å². The third-order valence-electron chi connectivity index (χ3n) is 17.4. The number of β-amino-alcohol motifs (C(OH)–C–C–N with tert-alkyl or cyclic N) is 1. The van der Waals surface area contributed by atoms with Crippen LogP contribution in [0.1, 0.15) is 47.6 Å². The second-order valence-corrected chi connectivity index (χ2v) is 23.2. The Bertz CT molecular complexity index is 3990. The molecule has 2 N–H and O–H groups in total. The van der Waals surface area contributed by atoms with Gasteiger partial charge in [0.15, 0.2) is 11.5 Å². The van der Waals surface area contributed by atoms with Crippen LogP contribution in [0.2, 0.25) is 5.02 Å². The number of nitrogens with one attached hydrogen (secondary N) is 1. The lowest BCUT2D eigenvalue weighted by Crippen LogP contribution is -2.49. The van der Waals surface area contributed by atoms with Crippen molar-refractivity contribution in [3.8, 4) is 17.2 Å². The minimum atomic E-state index is -0.508. The summed E-state index contributed by atoms with van der Waals surface area (Å²) in [6.45, 7) is 14.3. The minimum Gasteiger partial charge on any atom is -0.493 e. The first-order chi connectivity index (χ1) is 41.7. The van der Waals surface area contributed by atoms with Crippen LogP contribution in [0.25, 0.3) is 43.6 Å². The molecule has 1 atom stereocenters. The van der Waals surface area contributed by atoms with Crippen molar-refractivity contribution in [2.45, 2.75) is 65.1 Å². The molecule has 1 unspecified atom stereocenters. The van der Waals surface area contributed by atoms with Gasteiger partial charge < -0.3 is 48.8 Å². The number of aliphatic hydroxyl groups is 1. The van der Waals surface area contributed by atoms with Gasteiger partial charge in [-0.25, -0.2) is 9.97 Å². The number of aliphatic hydroxyl groups excluding tert-OH is 1. The van der Waals surface area contributed by atoms with Crippen LogP contribution in [0.15, 0.2) is 140 Å². The molecule has 2 saturated heterocycles. The Hall–Kier alpha value is -8.37. The molecule has 0 radical (unpaired) electrons. The average Bonchev–Trinajstić information content (AvgIpc) is 3.78. The second-order valence-electron chi connectivity index (χ2n) is 22.8. The summed E-state index contributed by atoms with van der Waals surface area (Å²) in [6, 6.07) is 48.2. The smallest absolute Gasteiger partial charge is 0.228 e. The fourth-order valence-electron chi connectivity index (χ4n) is 13.0. The van der Waals surface area contributed by atoms with Gasteiger partial charge in [-0.05, 0) is 153 Å². The molecular formula is C69H74ClN11O4. The third-order valence-corrected chi connectivity index (χ3v) is 17.6. The lowest BCUT2D eigenvalue weighted by atomic mass is 9.90. The number of para-hydroxylation sites is 4. The predicted molar refractivity (Wildman–Crippen MR) is 346 cm³/mol. The number of rotatable bonds is 14. The Labute approximate surface area is 502 Å². The molecule has 16 heteroatoms. The van der Waals surface area contributed by atoms with E-state index in [4.69, 9.17) is 45.7 Å². The summed E-state index contributed by atoms with van der Waals surface area (Å²) >= 11 is 6.38. The van der Waals surface area contributed by atoms with Crippen LogP contribution in [0.3, 0.4) is 0 Å². The first-order valence-corrected chi connectivity index (χ1v) is 30.5. The summed E-state index contributed by atoms with van der Waals surface area (Å²) in [5.41, 5.74) is 13.1. The van der Waals surface area contributed by atoms with Crippen molar-refractivity contribution in [3.05, 3.63) is 172 Å². The highest BCUT2D eigenvalue weighted by Crippen LogP contribution is 2.39. The molecule has 2 fully saturated rings. The summed E-state index contributed by atoms with van der Waals surface area (Å²) in [4.78, 5) is 32.0. The SMILES string of the molecule is CCOc1ccccc1N1CCN(c2nc(N3CCc4cc(OC)c(OC)cc4C3)c3ccccc3n2)CC1.Cc1ccc2c(c1)c1cc(Cl)ccc1n2CC(O)CN1CCN(c2nc(Nc3cccc4c3CCCC4)c3ccccc3n2)CC1. The summed E-state index contributed by atoms with van der Waals surface area (Å²) in [5, 5.41) is 20.2. The van der Waals surface area contributed by atoms with Crippen molar-refractivity contribution >= 4 is 90.1 Å². The molecule has 3 aliphatic heterocycles. The van der Waals surface area contributed by atoms with Gasteiger partial charge in [-0.2, -0.15) is 9.97 Å². The second kappa shape index (κ2) is 24.7. The van der Waals surface area contributed by atoms with Gasteiger partial charge in [0.2, 0.25) is 11.9 Å². The Morgan fingerprint density at radius 1 is 0.553 bits per heavy atom. The number of anilines is 6. The number of benzene rings is 7. The maximum atomic E-state index is 11.3. The van der Waals surface area contributed by atoms with E-state index >= 15 is 0 Å². The maximum Gasteiger partial charge on any atom is 0.228 e. The van der Waals surface area contributed by atoms with Gasteiger partial charge >= 0.3 is 0 Å². The fourth-order valence-corrected chi connectivity index (χ4v) is 13.2. The zero-order chi connectivity index (χ0) is 58.0. The molecule has 7 aromatic carbocycles. The lowest BCUT2D eigenvalue weighted by molar-refractivity contribution is 0.0967. The molecule has 10 aromatic rings. The first kappa shape index (κ1) is 55.8. The summed E-state index contributed by atoms with van der Waals surface area (Å²) in [7, 11) is 3.37. The number of aromatic nitrogens is 5. The number of methoxy groups -OCH3 is 2. The van der Waals surface area contributed by atoms with E-state index in [-0.39, 0.29) is 0 Å². The number of ether oxygens (including phenoxy) is 3. The van der Waals surface area contributed by atoms with Crippen molar-refractivity contribution in [2.24, 2.45) is 0 Å². The molecule has 14 rings (SSSR count). The number of hydrogen-bond donors (Lipinski definition) is 2. The Morgan fingerprint density at radius 2 is 1.20 bits per heavy atom. The molecule has 1 aliphatic carbocycles. The van der Waals surface area contributed by atoms with Gasteiger partial charge in [0, 0.05) is 115 Å². The van der Waals surface area contributed by atoms with Crippen molar-refractivity contribution in [1.82, 2.24) is 29.4 Å². The molecule has 6 heterocycles. The van der Waals surface area contributed by atoms with E-state index in [1.54, 1.807) is 14.2 Å². The van der Waals surface area contributed by atoms with Crippen molar-refractivity contribution < 1.29 is 19.3 Å². The Morgan fingerprint density at radius 3 is 1.96 bits per heavy atom. The molecule has 0 bridgehead atoms. The van der Waals surface area contributed by atoms with E-state index in [0.717, 1.165) is 180 Å². The molecule has 436 valence electrons. The van der Waals surface area contributed by atoms with Gasteiger partial charge in [-0.1, -0.05) is 71.8 Å². The Kier molecular flexibility index (Phi) is 16.2. The van der Waals surface area contributed by atoms with Gasteiger partial charge in [0.05, 0.1) is 50.2 Å². The van der Waals surface area contributed by atoms with E-state index in [1.807, 2.05) is 43.3 Å². The summed E-state index contributed by atoms with van der Waals surface area (Å²) < 4.78 is 19.2. The topological polar surface area (TPSA) is 133 Å². The quantitative estimate of drug-likeness (QED) is 0.107. The van der Waals surface area contributed by atoms with Crippen LogP contribution in [0.5, 0.6) is 17.2 Å². The first-order valence-electron chi connectivity index (χ1n) is 30.1. The van der Waals surface area contributed by atoms with Gasteiger partial charge in [0.1, 0.15) is 17.4 Å². The monoisotopic (exact) mass is 1160 g/mol. The van der Waals surface area contributed by atoms with Gasteiger partial charge in [-0.15, -0.1) is 0 Å². The highest BCUT2D eigenvalue weighted by Gasteiger charge is 2.28. The van der Waals surface area contributed by atoms with Crippen LogP contribution in [-0.2, 0) is 32.4 Å². The van der Waals surface area contributed by atoms with Crippen LogP contribution in [-0.4, -0.2) is 127 Å². The van der Waals surface area contributed by atoms with Crippen LogP contribution < -0.4 is 39.1 Å². The highest BCUT2D eigenvalue weighted by atomic mass is 35.5. The number of piperazine rings is 2. The summed E-state index contributed by atoms with van der Waals surface area (Å²) in [5.74, 6) is 5.88. The third kappa shape index (κ3) is 11.6. The van der Waals surface area contributed by atoms with E-state index in [0.29, 0.717) is 19.7 Å². The van der Waals surface area contributed by atoms with Gasteiger partial charge in [0.25, 0.3) is 0 Å². The molecular weight excluding hydrogens is 1080 g/mol. The number of hydrogen-bond acceptors (Lipinski definition) is 14. The molecule has 0 saturated carbocycles. The zero-order valence-electron chi connectivity index (χ0n) is 49.1. The number of fused-ring (bicyclic) bond motifs is 7. The zero-order valence-corrected chi connectivity index (χ0v) is 49.9. The Balaban J connectivity index is 0.000000160. The largest absolute Gasteiger partial charge is 0.493 e. The molecule has 0 amide bonds. The van der Waals surface area contributed by atoms with E-state index in [2.05, 4.69) is 144 Å². The molecule has 15 nitrogen and oxygen atoms in total. The van der Waals surface area contributed by atoms with Crippen LogP contribution in [0.4, 0.5) is 34.9 Å². The summed E-state index contributed by atoms with van der Waals surface area (Å²) in [6.07, 6.45) is 5.15. The van der Waals surface area contributed by atoms with E-state index in [9.17, 15) is 5.11 Å². The standard InChI is InChI=1S/C38H39ClN6O.C31H35N5O3/c1-25-13-15-35-31(21-25)32-22-27(39)14-16-36(32)45(35)24-28(46)23-43-17-19-44(20-18-43)38-41-34-11-5-4-10-30(34)37(42-38)40-33-12-6-8-26-7-2-3-9-29(26)33;1-4-39-27-12-8-7-11-26(27)34-15-17-35(18-16-34)31-32-25-10-6-5-9-24(25)30(33-31)36-14-13-22-19-28(37-2)29(38-3)20-23(22)21-36/h4-6,8,10-16,21-22,28,46H,2-3,7,9,17-20,23-24H2,1H3,(H,40,41,42);5-12,19-20H,4,13-18,21H2,1-3H3. The molecule has 85 heavy (non-hydrogen) atoms. The number of halogens is 1. The highest BCUT2D eigenvalue weighted by molar-refractivity contribution is 6.32. The molecule has 3 aromatic heterocycles. The number of nitrogens with zero attached hydrogens (tertiary/aromatic N) is 10. The molecule has 0 spiro atoms. The van der Waals surface area contributed by atoms with Gasteiger partial charge in [-0.3, -0.25) is 4.90 Å². The van der Waals surface area contributed by atoms with E-state index < -0.39 is 6.10 Å². The predicted octanol–water partition coefficient (Wildman–Crippen LogP) is 12.4. The van der Waals surface area contributed by atoms with Crippen molar-refractivity contribution in [2.75, 3.05) is 111 Å².